The molecule has 0 radical (unpaired) electrons. The van der Waals surface area contributed by atoms with E-state index in [0.717, 1.165) is 30.1 Å². The Labute approximate surface area is 160 Å². The van der Waals surface area contributed by atoms with Crippen LogP contribution in [-0.2, 0) is 16.1 Å². The van der Waals surface area contributed by atoms with Gasteiger partial charge in [-0.1, -0.05) is 12.1 Å². The maximum Gasteiger partial charge on any atom is 0.339 e. The van der Waals surface area contributed by atoms with Crippen LogP contribution in [0, 0.1) is 0 Å². The molecule has 27 heavy (non-hydrogen) atoms. The molecule has 1 aliphatic heterocycles. The molecule has 1 fully saturated rings. The molecule has 3 heterocycles. The average Bonchev–Trinajstić information content (AvgIpc) is 3.47. The lowest BCUT2D eigenvalue weighted by molar-refractivity contribution is 0.0434. The zero-order chi connectivity index (χ0) is 18.5. The average molecular weight is 386 g/mol. The third-order valence-corrected chi connectivity index (χ3v) is 5.29. The maximum absolute atomic E-state index is 12.5. The highest BCUT2D eigenvalue weighted by Gasteiger charge is 2.19. The van der Waals surface area contributed by atoms with Crippen LogP contribution in [0.2, 0.25) is 0 Å². The van der Waals surface area contributed by atoms with Crippen LogP contribution in [0.5, 0.6) is 0 Å². The smallest absolute Gasteiger partial charge is 0.339 e. The number of nitrogens with zero attached hydrogens (tertiary/aromatic N) is 2. The number of carbonyl (C=O) groups is 1. The number of aromatic nitrogens is 2. The van der Waals surface area contributed by atoms with Gasteiger partial charge in [0.2, 0.25) is 0 Å². The van der Waals surface area contributed by atoms with Crippen molar-refractivity contribution in [3.05, 3.63) is 54.1 Å². The second kappa shape index (κ2) is 8.41. The summed E-state index contributed by atoms with van der Waals surface area (Å²) in [4.78, 5) is 13.4. The van der Waals surface area contributed by atoms with Gasteiger partial charge in [0.05, 0.1) is 17.9 Å². The van der Waals surface area contributed by atoms with Crippen LogP contribution in [0.1, 0.15) is 29.1 Å². The molecule has 1 atom stereocenters. The Hall–Kier alpha value is -2.58. The van der Waals surface area contributed by atoms with Crippen LogP contribution in [0.3, 0.4) is 0 Å². The second-order valence-electron chi connectivity index (χ2n) is 6.00. The summed E-state index contributed by atoms with van der Waals surface area (Å²) >= 11 is 1.61. The molecule has 4 rings (SSSR count). The largest absolute Gasteiger partial charge is 0.459 e. The maximum atomic E-state index is 12.5. The Morgan fingerprint density at radius 3 is 2.96 bits per heavy atom. The van der Waals surface area contributed by atoms with Gasteiger partial charge in [-0.2, -0.15) is 0 Å². The Kier molecular flexibility index (Phi) is 5.55. The van der Waals surface area contributed by atoms with Gasteiger partial charge < -0.3 is 18.3 Å². The first-order valence-electron chi connectivity index (χ1n) is 8.66. The molecule has 0 unspecified atom stereocenters. The molecular formula is C19H18N2O5S. The highest BCUT2D eigenvalue weighted by atomic mass is 32.2. The number of thioether (sulfide) groups is 1. The molecule has 0 saturated carbocycles. The summed E-state index contributed by atoms with van der Waals surface area (Å²) in [5.74, 6) is 1.32. The highest BCUT2D eigenvalue weighted by molar-refractivity contribution is 7.99. The Morgan fingerprint density at radius 2 is 2.15 bits per heavy atom. The van der Waals surface area contributed by atoms with Crippen LogP contribution >= 0.6 is 11.8 Å². The van der Waals surface area contributed by atoms with Crippen molar-refractivity contribution < 1.29 is 23.1 Å². The van der Waals surface area contributed by atoms with Crippen LogP contribution in [0.4, 0.5) is 0 Å². The molecule has 0 aliphatic carbocycles. The molecule has 0 spiro atoms. The quantitative estimate of drug-likeness (QED) is 0.445. The third kappa shape index (κ3) is 4.40. The normalized spacial score (nSPS) is 16.5. The van der Waals surface area contributed by atoms with Crippen molar-refractivity contribution in [1.29, 1.82) is 0 Å². The van der Waals surface area contributed by atoms with E-state index in [1.54, 1.807) is 30.0 Å². The summed E-state index contributed by atoms with van der Waals surface area (Å²) in [7, 11) is 0. The number of furan rings is 1. The minimum Gasteiger partial charge on any atom is -0.459 e. The van der Waals surface area contributed by atoms with Crippen molar-refractivity contribution in [2.24, 2.45) is 0 Å². The number of rotatable bonds is 7. The molecule has 8 heteroatoms. The van der Waals surface area contributed by atoms with Crippen LogP contribution in [0.25, 0.3) is 11.7 Å². The molecule has 0 amide bonds. The van der Waals surface area contributed by atoms with Crippen molar-refractivity contribution >= 4 is 17.7 Å². The first kappa shape index (κ1) is 17.8. The van der Waals surface area contributed by atoms with Gasteiger partial charge >= 0.3 is 5.97 Å². The van der Waals surface area contributed by atoms with Gasteiger partial charge in [-0.05, 0) is 37.1 Å². The molecular weight excluding hydrogens is 368 g/mol. The van der Waals surface area contributed by atoms with E-state index in [0.29, 0.717) is 11.3 Å². The highest BCUT2D eigenvalue weighted by Crippen LogP contribution is 2.27. The Morgan fingerprint density at radius 1 is 1.22 bits per heavy atom. The van der Waals surface area contributed by atoms with Crippen molar-refractivity contribution in [1.82, 2.24) is 10.2 Å². The summed E-state index contributed by atoms with van der Waals surface area (Å²) in [5, 5.41) is 7.75. The molecule has 1 saturated heterocycles. The van der Waals surface area contributed by atoms with Gasteiger partial charge in [0.15, 0.2) is 12.4 Å². The Balaban J connectivity index is 1.36. The minimum absolute atomic E-state index is 0.0999. The first-order chi connectivity index (χ1) is 13.3. The Bertz CT molecular complexity index is 887. The van der Waals surface area contributed by atoms with Gasteiger partial charge in [0.1, 0.15) is 0 Å². The zero-order valence-corrected chi connectivity index (χ0v) is 15.3. The molecule has 2 aromatic heterocycles. The predicted octanol–water partition coefficient (Wildman–Crippen LogP) is 3.96. The molecule has 3 aromatic rings. The molecule has 1 aromatic carbocycles. The van der Waals surface area contributed by atoms with E-state index >= 15 is 0 Å². The standard InChI is InChI=1S/C19H18N2O5S/c22-19(25-11-17-20-21-18(26-17)15-7-4-10-24-15)14-6-1-2-8-16(14)27-12-13-5-3-9-23-13/h1-2,4,6-8,10,13H,3,5,9,11-12H2/t13-/m1/s1. The van der Waals surface area contributed by atoms with E-state index in [4.69, 9.17) is 18.3 Å². The SMILES string of the molecule is O=C(OCc1nnc(-c2ccco2)o1)c1ccccc1SC[C@H]1CCCO1. The minimum atomic E-state index is -0.428. The summed E-state index contributed by atoms with van der Waals surface area (Å²) < 4.78 is 21.6. The topological polar surface area (TPSA) is 87.6 Å². The molecule has 0 N–H and O–H groups in total. The number of benzene rings is 1. The number of esters is 1. The van der Waals surface area contributed by atoms with Crippen molar-refractivity contribution in [3.63, 3.8) is 0 Å². The lowest BCUT2D eigenvalue weighted by Gasteiger charge is -2.11. The van der Waals surface area contributed by atoms with Crippen molar-refractivity contribution in [2.45, 2.75) is 30.4 Å². The fourth-order valence-electron chi connectivity index (χ4n) is 2.74. The summed E-state index contributed by atoms with van der Waals surface area (Å²) in [5.41, 5.74) is 0.520. The van der Waals surface area contributed by atoms with Gasteiger partial charge in [0.25, 0.3) is 11.8 Å². The molecule has 140 valence electrons. The van der Waals surface area contributed by atoms with Crippen molar-refractivity contribution in [2.75, 3.05) is 12.4 Å². The van der Waals surface area contributed by atoms with Gasteiger partial charge in [-0.15, -0.1) is 22.0 Å². The second-order valence-corrected chi connectivity index (χ2v) is 7.06. The summed E-state index contributed by atoms with van der Waals surface area (Å²) in [6, 6.07) is 10.8. The summed E-state index contributed by atoms with van der Waals surface area (Å²) in [6.07, 6.45) is 3.93. The predicted molar refractivity (Wildman–Crippen MR) is 97.3 cm³/mol. The fraction of sp³-hybridized carbons (Fsp3) is 0.316. The lowest BCUT2D eigenvalue weighted by Crippen LogP contribution is -2.10. The van der Waals surface area contributed by atoms with Crippen LogP contribution < -0.4 is 0 Å². The van der Waals surface area contributed by atoms with Crippen molar-refractivity contribution in [3.8, 4) is 11.7 Å². The van der Waals surface area contributed by atoms with Gasteiger partial charge in [-0.3, -0.25) is 0 Å². The van der Waals surface area contributed by atoms with Gasteiger partial charge in [-0.25, -0.2) is 4.79 Å². The zero-order valence-electron chi connectivity index (χ0n) is 14.5. The summed E-state index contributed by atoms with van der Waals surface area (Å²) in [6.45, 7) is 0.719. The van der Waals surface area contributed by atoms with E-state index in [9.17, 15) is 4.79 Å². The van der Waals surface area contributed by atoms with E-state index < -0.39 is 5.97 Å². The molecule has 7 nitrogen and oxygen atoms in total. The van der Waals surface area contributed by atoms with Crippen LogP contribution in [0.15, 0.2) is 56.4 Å². The van der Waals surface area contributed by atoms with E-state index in [1.807, 2.05) is 18.2 Å². The number of hydrogen-bond donors (Lipinski definition) is 0. The van der Waals surface area contributed by atoms with Gasteiger partial charge in [0, 0.05) is 17.3 Å². The van der Waals surface area contributed by atoms with E-state index in [2.05, 4.69) is 10.2 Å². The number of ether oxygens (including phenoxy) is 2. The van der Waals surface area contributed by atoms with E-state index in [1.165, 1.54) is 6.26 Å². The fourth-order valence-corrected chi connectivity index (χ4v) is 3.85. The van der Waals surface area contributed by atoms with Crippen LogP contribution in [-0.4, -0.2) is 34.6 Å². The third-order valence-electron chi connectivity index (χ3n) is 4.08. The first-order valence-corrected chi connectivity index (χ1v) is 9.65. The van der Waals surface area contributed by atoms with E-state index in [-0.39, 0.29) is 24.5 Å². The number of carbonyl (C=O) groups excluding carboxylic acids is 1. The monoisotopic (exact) mass is 386 g/mol. The number of hydrogen-bond acceptors (Lipinski definition) is 8. The molecule has 1 aliphatic rings. The lowest BCUT2D eigenvalue weighted by atomic mass is 10.2. The molecule has 0 bridgehead atoms.